The highest BCUT2D eigenvalue weighted by molar-refractivity contribution is 7.99. The number of fused-ring (bicyclic) bond motifs is 1. The number of rotatable bonds is 8. The van der Waals surface area contributed by atoms with E-state index in [9.17, 15) is 9.59 Å². The molecular formula is C26H25Cl2N3O2S2. The molecule has 182 valence electrons. The van der Waals surface area contributed by atoms with Gasteiger partial charge in [0.2, 0.25) is 5.91 Å². The van der Waals surface area contributed by atoms with Crippen molar-refractivity contribution in [2.24, 2.45) is 0 Å². The fraction of sp³-hybridized carbons (Fsp3) is 0.269. The Balaban J connectivity index is 1.71. The van der Waals surface area contributed by atoms with Crippen molar-refractivity contribution in [3.8, 4) is 5.69 Å². The molecule has 0 aliphatic rings. The van der Waals surface area contributed by atoms with Crippen LogP contribution in [0.15, 0.2) is 52.4 Å². The standard InChI is InChI=1S/C26H25Cl2N3O2S2/c1-4-6-21-15(3)23-24(35-21)30-26(31(25(23)33)18-10-7-16(5-2)8-11-18)34-14-22(32)29-20-12-9-17(27)13-19(20)28/h7-13H,4-6,14H2,1-3H3,(H,29,32). The normalized spacial score (nSPS) is 11.2. The van der Waals surface area contributed by atoms with Gasteiger partial charge in [-0.2, -0.15) is 0 Å². The minimum absolute atomic E-state index is 0.0656. The van der Waals surface area contributed by atoms with E-state index in [1.807, 2.05) is 31.2 Å². The molecular weight excluding hydrogens is 521 g/mol. The van der Waals surface area contributed by atoms with E-state index in [4.69, 9.17) is 28.2 Å². The zero-order valence-electron chi connectivity index (χ0n) is 19.7. The van der Waals surface area contributed by atoms with Gasteiger partial charge in [-0.3, -0.25) is 14.2 Å². The second kappa shape index (κ2) is 11.2. The highest BCUT2D eigenvalue weighted by Gasteiger charge is 2.20. The molecule has 2 aromatic heterocycles. The second-order valence-corrected chi connectivity index (χ2v) is 11.0. The molecule has 0 aliphatic carbocycles. The average Bonchev–Trinajstić information content (AvgIpc) is 3.15. The summed E-state index contributed by atoms with van der Waals surface area (Å²) in [5, 5.41) is 4.79. The van der Waals surface area contributed by atoms with Gasteiger partial charge in [0.15, 0.2) is 5.16 Å². The first-order valence-corrected chi connectivity index (χ1v) is 13.9. The molecule has 0 fully saturated rings. The fourth-order valence-electron chi connectivity index (χ4n) is 3.79. The maximum absolute atomic E-state index is 13.7. The van der Waals surface area contributed by atoms with Crippen LogP contribution >= 0.6 is 46.3 Å². The lowest BCUT2D eigenvalue weighted by molar-refractivity contribution is -0.113. The third-order valence-corrected chi connectivity index (χ3v) is 8.38. The van der Waals surface area contributed by atoms with E-state index in [0.29, 0.717) is 31.1 Å². The van der Waals surface area contributed by atoms with Crippen LogP contribution in [0.3, 0.4) is 0 Å². The largest absolute Gasteiger partial charge is 0.324 e. The van der Waals surface area contributed by atoms with E-state index in [1.54, 1.807) is 34.1 Å². The van der Waals surface area contributed by atoms with Gasteiger partial charge in [-0.15, -0.1) is 11.3 Å². The van der Waals surface area contributed by atoms with Crippen molar-refractivity contribution >= 4 is 68.1 Å². The molecule has 0 atom stereocenters. The van der Waals surface area contributed by atoms with E-state index in [0.717, 1.165) is 30.5 Å². The summed E-state index contributed by atoms with van der Waals surface area (Å²) in [6.45, 7) is 6.21. The summed E-state index contributed by atoms with van der Waals surface area (Å²) in [5.41, 5.74) is 3.28. The molecule has 35 heavy (non-hydrogen) atoms. The Morgan fingerprint density at radius 3 is 2.54 bits per heavy atom. The van der Waals surface area contributed by atoms with Gasteiger partial charge < -0.3 is 5.32 Å². The number of thiophene rings is 1. The number of carbonyl (C=O) groups is 1. The molecule has 0 saturated heterocycles. The van der Waals surface area contributed by atoms with Crippen LogP contribution in [0.1, 0.15) is 36.3 Å². The number of hydrogen-bond donors (Lipinski definition) is 1. The van der Waals surface area contributed by atoms with Crippen molar-refractivity contribution in [1.82, 2.24) is 9.55 Å². The predicted octanol–water partition coefficient (Wildman–Crippen LogP) is 7.31. The number of halogens is 2. The summed E-state index contributed by atoms with van der Waals surface area (Å²) in [7, 11) is 0. The van der Waals surface area contributed by atoms with Crippen molar-refractivity contribution < 1.29 is 4.79 Å². The molecule has 2 heterocycles. The summed E-state index contributed by atoms with van der Waals surface area (Å²) < 4.78 is 1.62. The monoisotopic (exact) mass is 545 g/mol. The maximum atomic E-state index is 13.7. The topological polar surface area (TPSA) is 64.0 Å². The van der Waals surface area contributed by atoms with Gasteiger partial charge in [-0.05, 0) is 61.2 Å². The van der Waals surface area contributed by atoms with Crippen LogP contribution in [0.2, 0.25) is 10.0 Å². The Morgan fingerprint density at radius 2 is 1.89 bits per heavy atom. The van der Waals surface area contributed by atoms with Crippen molar-refractivity contribution in [2.45, 2.75) is 45.2 Å². The molecule has 0 aliphatic heterocycles. The average molecular weight is 547 g/mol. The summed E-state index contributed by atoms with van der Waals surface area (Å²) in [6, 6.07) is 12.8. The van der Waals surface area contributed by atoms with Crippen molar-refractivity contribution in [3.05, 3.63) is 78.9 Å². The van der Waals surface area contributed by atoms with Crippen LogP contribution in [0.5, 0.6) is 0 Å². The van der Waals surface area contributed by atoms with Gasteiger partial charge in [0.05, 0.1) is 27.5 Å². The molecule has 9 heteroatoms. The van der Waals surface area contributed by atoms with Crippen molar-refractivity contribution in [1.29, 1.82) is 0 Å². The smallest absolute Gasteiger partial charge is 0.267 e. The molecule has 1 N–H and O–H groups in total. The molecule has 0 radical (unpaired) electrons. The zero-order valence-corrected chi connectivity index (χ0v) is 22.8. The molecule has 4 rings (SSSR count). The lowest BCUT2D eigenvalue weighted by atomic mass is 10.1. The number of hydrogen-bond acceptors (Lipinski definition) is 5. The highest BCUT2D eigenvalue weighted by atomic mass is 35.5. The number of amides is 1. The number of benzene rings is 2. The van der Waals surface area contributed by atoms with Gasteiger partial charge in [-0.1, -0.05) is 67.4 Å². The zero-order chi connectivity index (χ0) is 25.1. The first kappa shape index (κ1) is 25.8. The van der Waals surface area contributed by atoms with Gasteiger partial charge in [0.25, 0.3) is 5.56 Å². The first-order valence-electron chi connectivity index (χ1n) is 11.3. The van der Waals surface area contributed by atoms with Crippen LogP contribution in [0.4, 0.5) is 5.69 Å². The SMILES string of the molecule is CCCc1sc2nc(SCC(=O)Nc3ccc(Cl)cc3Cl)n(-c3ccc(CC)cc3)c(=O)c2c1C. The van der Waals surface area contributed by atoms with Crippen LogP contribution in [0.25, 0.3) is 15.9 Å². The Bertz CT molecular complexity index is 1450. The number of aryl methyl sites for hydroxylation is 3. The first-order chi connectivity index (χ1) is 16.8. The van der Waals surface area contributed by atoms with E-state index >= 15 is 0 Å². The van der Waals surface area contributed by atoms with E-state index in [-0.39, 0.29) is 17.2 Å². The molecule has 0 unspecified atom stereocenters. The summed E-state index contributed by atoms with van der Waals surface area (Å²) in [6.07, 6.45) is 2.81. The number of nitrogens with one attached hydrogen (secondary N) is 1. The Hall–Kier alpha value is -2.32. The summed E-state index contributed by atoms with van der Waals surface area (Å²) in [5.74, 6) is -0.189. The quantitative estimate of drug-likeness (QED) is 0.186. The third-order valence-electron chi connectivity index (χ3n) is 5.65. The van der Waals surface area contributed by atoms with E-state index < -0.39 is 0 Å². The van der Waals surface area contributed by atoms with Crippen LogP contribution in [0, 0.1) is 6.92 Å². The third kappa shape index (κ3) is 5.59. The van der Waals surface area contributed by atoms with Crippen LogP contribution < -0.4 is 10.9 Å². The predicted molar refractivity (Wildman–Crippen MR) is 149 cm³/mol. The number of thioether (sulfide) groups is 1. The summed E-state index contributed by atoms with van der Waals surface area (Å²) in [4.78, 5) is 33.2. The molecule has 0 saturated carbocycles. The van der Waals surface area contributed by atoms with Crippen LogP contribution in [-0.2, 0) is 17.6 Å². The highest BCUT2D eigenvalue weighted by Crippen LogP contribution is 2.31. The van der Waals surface area contributed by atoms with Crippen molar-refractivity contribution in [3.63, 3.8) is 0 Å². The van der Waals surface area contributed by atoms with Gasteiger partial charge in [0.1, 0.15) is 4.83 Å². The lowest BCUT2D eigenvalue weighted by Crippen LogP contribution is -2.23. The van der Waals surface area contributed by atoms with Crippen molar-refractivity contribution in [2.75, 3.05) is 11.1 Å². The molecule has 5 nitrogen and oxygen atoms in total. The van der Waals surface area contributed by atoms with Gasteiger partial charge >= 0.3 is 0 Å². The Morgan fingerprint density at radius 1 is 1.14 bits per heavy atom. The minimum Gasteiger partial charge on any atom is -0.324 e. The number of anilines is 1. The maximum Gasteiger partial charge on any atom is 0.267 e. The number of nitrogens with zero attached hydrogens (tertiary/aromatic N) is 2. The molecule has 0 spiro atoms. The van der Waals surface area contributed by atoms with Gasteiger partial charge in [-0.25, -0.2) is 4.98 Å². The lowest BCUT2D eigenvalue weighted by Gasteiger charge is -2.13. The number of carbonyl (C=O) groups excluding carboxylic acids is 1. The molecule has 2 aromatic carbocycles. The fourth-order valence-corrected chi connectivity index (χ4v) is 6.38. The minimum atomic E-state index is -0.254. The Labute approximate surface area is 222 Å². The molecule has 1 amide bonds. The Kier molecular flexibility index (Phi) is 8.22. The molecule has 4 aromatic rings. The van der Waals surface area contributed by atoms with E-state index in [2.05, 4.69) is 19.2 Å². The van der Waals surface area contributed by atoms with E-state index in [1.165, 1.54) is 22.2 Å². The summed E-state index contributed by atoms with van der Waals surface area (Å²) >= 11 is 14.9. The molecule has 0 bridgehead atoms. The second-order valence-electron chi connectivity index (χ2n) is 8.10. The van der Waals surface area contributed by atoms with Crippen LogP contribution in [-0.4, -0.2) is 21.2 Å². The van der Waals surface area contributed by atoms with Gasteiger partial charge in [0, 0.05) is 9.90 Å². The number of aromatic nitrogens is 2.